The van der Waals surface area contributed by atoms with Gasteiger partial charge in [0.1, 0.15) is 47.5 Å². The molecular formula is C20H18F3N7O4S. The van der Waals surface area contributed by atoms with Crippen LogP contribution in [0.2, 0.25) is 0 Å². The van der Waals surface area contributed by atoms with Crippen LogP contribution in [0.4, 0.5) is 13.2 Å². The van der Waals surface area contributed by atoms with Crippen LogP contribution in [0.15, 0.2) is 36.2 Å². The van der Waals surface area contributed by atoms with E-state index < -0.39 is 54.5 Å². The molecule has 4 aromatic rings. The summed E-state index contributed by atoms with van der Waals surface area (Å²) in [7, 11) is 0. The fourth-order valence-electron chi connectivity index (χ4n) is 3.97. The average molecular weight is 509 g/mol. The van der Waals surface area contributed by atoms with E-state index in [4.69, 9.17) is 4.74 Å². The summed E-state index contributed by atoms with van der Waals surface area (Å²) < 4.78 is 49.2. The van der Waals surface area contributed by atoms with Gasteiger partial charge in [-0.25, -0.2) is 22.8 Å². The highest BCUT2D eigenvalue weighted by atomic mass is 32.1. The predicted octanol–water partition coefficient (Wildman–Crippen LogP) is 0.854. The highest BCUT2D eigenvalue weighted by Gasteiger charge is 2.48. The van der Waals surface area contributed by atoms with Gasteiger partial charge in [-0.05, 0) is 12.1 Å². The molecule has 5 rings (SSSR count). The average Bonchev–Trinajstić information content (AvgIpc) is 3.61. The number of hydrogen-bond donors (Lipinski definition) is 3. The van der Waals surface area contributed by atoms with E-state index >= 15 is 0 Å². The van der Waals surface area contributed by atoms with Crippen molar-refractivity contribution in [2.24, 2.45) is 0 Å². The molecule has 3 aromatic heterocycles. The van der Waals surface area contributed by atoms with E-state index in [1.54, 1.807) is 16.1 Å². The fraction of sp³-hybridized carbons (Fsp3) is 0.350. The van der Waals surface area contributed by atoms with E-state index in [2.05, 4.69) is 25.5 Å². The lowest BCUT2D eigenvalue weighted by Crippen LogP contribution is -2.53. The first-order chi connectivity index (χ1) is 16.9. The molecule has 0 radical (unpaired) electrons. The molecule has 0 spiro atoms. The summed E-state index contributed by atoms with van der Waals surface area (Å²) in [6.07, 6.45) is -0.818. The van der Waals surface area contributed by atoms with E-state index in [0.29, 0.717) is 6.54 Å². The van der Waals surface area contributed by atoms with Crippen molar-refractivity contribution in [1.29, 1.82) is 0 Å². The van der Waals surface area contributed by atoms with Gasteiger partial charge in [0.15, 0.2) is 23.3 Å². The first kappa shape index (κ1) is 23.5. The molecule has 0 saturated carbocycles. The molecule has 5 atom stereocenters. The molecule has 0 unspecified atom stereocenters. The third-order valence-electron chi connectivity index (χ3n) is 5.68. The topological polar surface area (TPSA) is 144 Å². The minimum atomic E-state index is -1.62. The zero-order valence-electron chi connectivity index (χ0n) is 17.7. The van der Waals surface area contributed by atoms with Crippen molar-refractivity contribution >= 4 is 11.3 Å². The number of ether oxygens (including phenoxy) is 1. The minimum absolute atomic E-state index is 0.0299. The van der Waals surface area contributed by atoms with Crippen molar-refractivity contribution in [2.75, 3.05) is 6.61 Å². The summed E-state index contributed by atoms with van der Waals surface area (Å²) in [6, 6.07) is 0.320. The molecule has 1 aliphatic rings. The quantitative estimate of drug-likeness (QED) is 0.322. The molecule has 184 valence electrons. The maximum absolute atomic E-state index is 13.7. The molecule has 3 N–H and O–H groups in total. The number of thiazole rings is 1. The van der Waals surface area contributed by atoms with Crippen LogP contribution in [0.25, 0.3) is 11.3 Å². The Labute approximate surface area is 199 Å². The van der Waals surface area contributed by atoms with Gasteiger partial charge in [-0.15, -0.1) is 26.6 Å². The summed E-state index contributed by atoms with van der Waals surface area (Å²) in [5.74, 6) is -4.20. The summed E-state index contributed by atoms with van der Waals surface area (Å²) in [6.45, 7) is -0.282. The number of aliphatic hydroxyl groups is 3. The Morgan fingerprint density at radius 2 is 1.86 bits per heavy atom. The molecular weight excluding hydrogens is 491 g/mol. The molecule has 0 bridgehead atoms. The number of rotatable bonds is 6. The van der Waals surface area contributed by atoms with Crippen molar-refractivity contribution in [1.82, 2.24) is 34.7 Å². The smallest absolute Gasteiger partial charge is 0.194 e. The van der Waals surface area contributed by atoms with Gasteiger partial charge < -0.3 is 24.6 Å². The highest BCUT2D eigenvalue weighted by molar-refractivity contribution is 7.09. The SMILES string of the molecule is OC[C@H]1O[C@@H](c2nncn2Cc2nccs2)[C@H](O)[C@@H](n2cc(-c3cc(F)c(F)c(F)c3)nn2)[C@H]1O. The van der Waals surface area contributed by atoms with Crippen LogP contribution in [0.5, 0.6) is 0 Å². The van der Waals surface area contributed by atoms with Crippen molar-refractivity contribution < 1.29 is 33.2 Å². The lowest BCUT2D eigenvalue weighted by Gasteiger charge is -2.41. The Morgan fingerprint density at radius 1 is 1.09 bits per heavy atom. The van der Waals surface area contributed by atoms with Crippen LogP contribution in [0, 0.1) is 17.5 Å². The Hall–Kier alpha value is -3.24. The summed E-state index contributed by atoms with van der Waals surface area (Å²) in [5, 5.41) is 50.0. The second-order valence-corrected chi connectivity index (χ2v) is 8.81. The zero-order valence-corrected chi connectivity index (χ0v) is 18.5. The Morgan fingerprint density at radius 3 is 2.54 bits per heavy atom. The second kappa shape index (κ2) is 9.43. The first-order valence-electron chi connectivity index (χ1n) is 10.3. The third kappa shape index (κ3) is 4.32. The number of aliphatic hydroxyl groups excluding tert-OH is 3. The van der Waals surface area contributed by atoms with Crippen LogP contribution >= 0.6 is 11.3 Å². The van der Waals surface area contributed by atoms with E-state index in [0.717, 1.165) is 21.8 Å². The molecule has 4 heterocycles. The molecule has 1 aliphatic heterocycles. The van der Waals surface area contributed by atoms with Crippen molar-refractivity contribution in [2.45, 2.75) is 37.0 Å². The molecule has 35 heavy (non-hydrogen) atoms. The molecule has 1 aromatic carbocycles. The van der Waals surface area contributed by atoms with E-state index in [-0.39, 0.29) is 17.1 Å². The number of hydrogen-bond acceptors (Lipinski definition) is 10. The number of benzene rings is 1. The number of nitrogens with zero attached hydrogens (tertiary/aromatic N) is 7. The summed E-state index contributed by atoms with van der Waals surface area (Å²) >= 11 is 1.41. The summed E-state index contributed by atoms with van der Waals surface area (Å²) in [5.41, 5.74) is -0.125. The van der Waals surface area contributed by atoms with Gasteiger partial charge in [-0.2, -0.15) is 0 Å². The summed E-state index contributed by atoms with van der Waals surface area (Å²) in [4.78, 5) is 4.21. The third-order valence-corrected chi connectivity index (χ3v) is 6.44. The molecule has 1 saturated heterocycles. The molecule has 0 aliphatic carbocycles. The van der Waals surface area contributed by atoms with Crippen LogP contribution < -0.4 is 0 Å². The molecule has 11 nitrogen and oxygen atoms in total. The van der Waals surface area contributed by atoms with Gasteiger partial charge >= 0.3 is 0 Å². The molecule has 15 heteroatoms. The Kier molecular flexibility index (Phi) is 6.33. The minimum Gasteiger partial charge on any atom is -0.394 e. The Bertz CT molecular complexity index is 1290. The first-order valence-corrected chi connectivity index (χ1v) is 11.2. The maximum Gasteiger partial charge on any atom is 0.194 e. The van der Waals surface area contributed by atoms with Crippen LogP contribution in [-0.4, -0.2) is 75.0 Å². The fourth-order valence-corrected chi connectivity index (χ4v) is 4.58. The predicted molar refractivity (Wildman–Crippen MR) is 112 cm³/mol. The van der Waals surface area contributed by atoms with E-state index in [9.17, 15) is 28.5 Å². The van der Waals surface area contributed by atoms with E-state index in [1.165, 1.54) is 23.9 Å². The van der Waals surface area contributed by atoms with Crippen molar-refractivity contribution in [3.63, 3.8) is 0 Å². The highest BCUT2D eigenvalue weighted by Crippen LogP contribution is 2.38. The largest absolute Gasteiger partial charge is 0.394 e. The van der Waals surface area contributed by atoms with Gasteiger partial charge in [0.05, 0.1) is 19.3 Å². The van der Waals surface area contributed by atoms with Crippen molar-refractivity contribution in [3.05, 3.63) is 64.5 Å². The van der Waals surface area contributed by atoms with Crippen LogP contribution in [0.1, 0.15) is 23.0 Å². The van der Waals surface area contributed by atoms with Crippen LogP contribution in [0.3, 0.4) is 0 Å². The number of aromatic nitrogens is 7. The monoisotopic (exact) mass is 509 g/mol. The van der Waals surface area contributed by atoms with Gasteiger partial charge in [-0.3, -0.25) is 0 Å². The van der Waals surface area contributed by atoms with Gasteiger partial charge in [0.25, 0.3) is 0 Å². The standard InChI is InChI=1S/C20H18F3N7O4S/c21-10-3-9(4-11(22)15(10)23)12-5-30(28-26-12)16-17(32)13(7-31)34-19(18(16)33)20-27-25-8-29(20)6-14-24-1-2-35-14/h1-5,8,13,16-19,31-33H,6-7H2/t13-,16+,17+,18-,19-/m1/s1. The van der Waals surface area contributed by atoms with E-state index in [1.807, 2.05) is 0 Å². The second-order valence-electron chi connectivity index (χ2n) is 7.83. The Balaban J connectivity index is 1.47. The van der Waals surface area contributed by atoms with Gasteiger partial charge in [0.2, 0.25) is 0 Å². The molecule has 0 amide bonds. The van der Waals surface area contributed by atoms with Gasteiger partial charge in [-0.1, -0.05) is 5.21 Å². The van der Waals surface area contributed by atoms with Crippen molar-refractivity contribution in [3.8, 4) is 11.3 Å². The zero-order chi connectivity index (χ0) is 24.7. The lowest BCUT2D eigenvalue weighted by atomic mass is 9.92. The maximum atomic E-state index is 13.7. The van der Waals surface area contributed by atoms with Gasteiger partial charge in [0, 0.05) is 17.1 Å². The number of halogens is 3. The van der Waals surface area contributed by atoms with Crippen LogP contribution in [-0.2, 0) is 11.3 Å². The molecule has 1 fully saturated rings. The normalized spacial score (nSPS) is 24.7. The lowest BCUT2D eigenvalue weighted by molar-refractivity contribution is -0.211.